The average molecular weight is 671 g/mol. The van der Waals surface area contributed by atoms with Crippen LogP contribution in [0.3, 0.4) is 0 Å². The van der Waals surface area contributed by atoms with E-state index >= 15 is 0 Å². The van der Waals surface area contributed by atoms with Crippen LogP contribution in [0, 0.1) is 5.41 Å². The predicted octanol–water partition coefficient (Wildman–Crippen LogP) is 6.15. The molecule has 2 heterocycles. The maximum absolute atomic E-state index is 12.5. The third kappa shape index (κ3) is 12.2. The molecule has 0 saturated carbocycles. The highest BCUT2D eigenvalue weighted by atomic mass is 16.2. The second-order valence-corrected chi connectivity index (χ2v) is 15.5. The van der Waals surface area contributed by atoms with E-state index in [0.717, 1.165) is 23.2 Å². The van der Waals surface area contributed by atoms with Crippen molar-refractivity contribution in [3.63, 3.8) is 0 Å². The van der Waals surface area contributed by atoms with Crippen molar-refractivity contribution in [3.05, 3.63) is 88.1 Å². The lowest BCUT2D eigenvalue weighted by Crippen LogP contribution is -2.26. The molecule has 0 bridgehead atoms. The number of fused-ring (bicyclic) bond motifs is 1. The lowest BCUT2D eigenvalue weighted by molar-refractivity contribution is -0.116. The first-order valence-corrected chi connectivity index (χ1v) is 16.7. The van der Waals surface area contributed by atoms with Gasteiger partial charge in [0.15, 0.2) is 5.96 Å². The molecule has 11 nitrogen and oxygen atoms in total. The van der Waals surface area contributed by atoms with E-state index in [2.05, 4.69) is 100 Å². The van der Waals surface area contributed by atoms with Crippen LogP contribution >= 0.6 is 0 Å². The van der Waals surface area contributed by atoms with Crippen LogP contribution < -0.4 is 27.8 Å². The fraction of sp³-hybridized carbons (Fsp3) is 0.447. The second kappa shape index (κ2) is 16.0. The minimum atomic E-state index is -0.387. The standard InChI is InChI=1S/C21H27N7O2.C17H27NO/c1-21(2,3)16-11-14-12-28(20(30)27-17(14)26-16)15-7-5-13(6-8-15)18(29)24-9-4-10-25-19(22)23;1-16(2,3)12-11-15(19)18-14-9-7-13(8-10-14)17(4,5)6/h5-8,11-12H,4,9-10H2,1-3H3,(H,24,29)(H4,22,23,25)(H,26,27,30);7-10H,11-12H2,1-6H3,(H,18,19). The highest BCUT2D eigenvalue weighted by Gasteiger charge is 2.18. The number of aromatic amines is 1. The molecule has 2 aromatic heterocycles. The Morgan fingerprint density at radius 3 is 2.08 bits per heavy atom. The smallest absolute Gasteiger partial charge is 0.354 e. The van der Waals surface area contributed by atoms with Gasteiger partial charge in [0.05, 0.1) is 5.69 Å². The lowest BCUT2D eigenvalue weighted by atomic mass is 9.87. The number of aromatic nitrogens is 3. The Hall–Kier alpha value is -4.93. The highest BCUT2D eigenvalue weighted by molar-refractivity contribution is 5.94. The van der Waals surface area contributed by atoms with Crippen LogP contribution in [0.25, 0.3) is 16.7 Å². The SMILES string of the molecule is CC(C)(C)CCC(=O)Nc1ccc(C(C)(C)C)cc1.CC(C)(C)c1cc2cn(-c3ccc(C(=O)NCCCN=C(N)N)cc3)c(=O)nc2[nH]1. The lowest BCUT2D eigenvalue weighted by Gasteiger charge is -2.19. The van der Waals surface area contributed by atoms with Gasteiger partial charge in [-0.1, -0.05) is 74.4 Å². The van der Waals surface area contributed by atoms with Crippen molar-refractivity contribution >= 4 is 34.5 Å². The third-order valence-electron chi connectivity index (χ3n) is 7.78. The molecular formula is C38H54N8O3. The van der Waals surface area contributed by atoms with E-state index in [9.17, 15) is 14.4 Å². The summed E-state index contributed by atoms with van der Waals surface area (Å²) in [7, 11) is 0. The van der Waals surface area contributed by atoms with E-state index in [4.69, 9.17) is 11.5 Å². The van der Waals surface area contributed by atoms with Crippen LogP contribution in [-0.4, -0.2) is 45.4 Å². The van der Waals surface area contributed by atoms with Crippen molar-refractivity contribution in [1.29, 1.82) is 0 Å². The van der Waals surface area contributed by atoms with Crippen molar-refractivity contribution < 1.29 is 9.59 Å². The molecule has 0 radical (unpaired) electrons. The summed E-state index contributed by atoms with van der Waals surface area (Å²) in [4.78, 5) is 47.8. The fourth-order valence-electron chi connectivity index (χ4n) is 4.71. The van der Waals surface area contributed by atoms with Gasteiger partial charge in [0, 0.05) is 53.5 Å². The number of nitrogens with zero attached hydrogens (tertiary/aromatic N) is 3. The summed E-state index contributed by atoms with van der Waals surface area (Å²) in [6, 6.07) is 16.9. The quantitative estimate of drug-likeness (QED) is 0.0811. The zero-order valence-electron chi connectivity index (χ0n) is 30.5. The molecule has 0 spiro atoms. The zero-order chi connectivity index (χ0) is 36.6. The van der Waals surface area contributed by atoms with E-state index < -0.39 is 0 Å². The van der Waals surface area contributed by atoms with Crippen LogP contribution in [0.5, 0.6) is 0 Å². The molecule has 0 aliphatic carbocycles. The maximum atomic E-state index is 12.5. The van der Waals surface area contributed by atoms with Gasteiger partial charge in [0.2, 0.25) is 5.91 Å². The number of carbonyl (C=O) groups excluding carboxylic acids is 2. The van der Waals surface area contributed by atoms with Gasteiger partial charge in [-0.25, -0.2) is 4.79 Å². The van der Waals surface area contributed by atoms with E-state index in [1.54, 1.807) is 30.5 Å². The summed E-state index contributed by atoms with van der Waals surface area (Å²) >= 11 is 0. The second-order valence-electron chi connectivity index (χ2n) is 15.5. The first kappa shape index (κ1) is 38.5. The third-order valence-corrected chi connectivity index (χ3v) is 7.78. The predicted molar refractivity (Wildman–Crippen MR) is 200 cm³/mol. The number of rotatable bonds is 9. The van der Waals surface area contributed by atoms with Crippen molar-refractivity contribution in [2.24, 2.45) is 21.9 Å². The van der Waals surface area contributed by atoms with E-state index in [1.807, 2.05) is 18.2 Å². The number of nitrogens with two attached hydrogens (primary N) is 2. The summed E-state index contributed by atoms with van der Waals surface area (Å²) in [5.74, 6) is -0.0693. The molecular weight excluding hydrogens is 616 g/mol. The summed E-state index contributed by atoms with van der Waals surface area (Å²) in [5.41, 5.74) is 15.3. The number of nitrogens with one attached hydrogen (secondary N) is 3. The van der Waals surface area contributed by atoms with Gasteiger partial charge in [-0.05, 0) is 71.7 Å². The summed E-state index contributed by atoms with van der Waals surface area (Å²) < 4.78 is 1.47. The molecule has 0 fully saturated rings. The van der Waals surface area contributed by atoms with Gasteiger partial charge in [0.1, 0.15) is 5.65 Å². The number of aliphatic imine (C=N–C) groups is 1. The van der Waals surface area contributed by atoms with Crippen LogP contribution in [-0.2, 0) is 15.6 Å². The molecule has 0 aliphatic heterocycles. The number of H-pyrrole nitrogens is 1. The Bertz CT molecular complexity index is 1790. The molecule has 2 aromatic carbocycles. The Labute approximate surface area is 290 Å². The fourth-order valence-corrected chi connectivity index (χ4v) is 4.71. The Balaban J connectivity index is 0.000000295. The van der Waals surface area contributed by atoms with Gasteiger partial charge in [-0.3, -0.25) is 19.1 Å². The molecule has 0 aliphatic rings. The normalized spacial score (nSPS) is 11.8. The summed E-state index contributed by atoms with van der Waals surface area (Å²) in [6.07, 6.45) is 3.87. The molecule has 4 aromatic rings. The van der Waals surface area contributed by atoms with E-state index in [-0.39, 0.29) is 39.7 Å². The average Bonchev–Trinajstić information content (AvgIpc) is 3.43. The number of amides is 2. The van der Waals surface area contributed by atoms with E-state index in [1.165, 1.54) is 10.1 Å². The molecule has 0 atom stereocenters. The van der Waals surface area contributed by atoms with Gasteiger partial charge in [0.25, 0.3) is 5.91 Å². The van der Waals surface area contributed by atoms with Crippen molar-refractivity contribution in [2.75, 3.05) is 18.4 Å². The number of hydrogen-bond donors (Lipinski definition) is 5. The van der Waals surface area contributed by atoms with Crippen LogP contribution in [0.1, 0.15) is 103 Å². The number of guanidine groups is 1. The van der Waals surface area contributed by atoms with Gasteiger partial charge >= 0.3 is 5.69 Å². The Kier molecular flexibility index (Phi) is 12.6. The van der Waals surface area contributed by atoms with Crippen molar-refractivity contribution in [2.45, 2.75) is 92.4 Å². The first-order valence-electron chi connectivity index (χ1n) is 16.7. The topological polar surface area (TPSA) is 173 Å². The minimum Gasteiger partial charge on any atom is -0.370 e. The Morgan fingerprint density at radius 1 is 0.898 bits per heavy atom. The number of carbonyl (C=O) groups is 2. The molecule has 0 saturated heterocycles. The van der Waals surface area contributed by atoms with E-state index in [0.29, 0.717) is 42.8 Å². The van der Waals surface area contributed by atoms with Crippen LogP contribution in [0.2, 0.25) is 0 Å². The molecule has 11 heteroatoms. The van der Waals surface area contributed by atoms with Gasteiger partial charge < -0.3 is 27.1 Å². The highest BCUT2D eigenvalue weighted by Crippen LogP contribution is 2.26. The summed E-state index contributed by atoms with van der Waals surface area (Å²) in [6.45, 7) is 20.2. The molecule has 2 amide bonds. The molecule has 0 unspecified atom stereocenters. The number of anilines is 1. The Morgan fingerprint density at radius 2 is 1.53 bits per heavy atom. The first-order chi connectivity index (χ1) is 22.7. The largest absolute Gasteiger partial charge is 0.370 e. The minimum absolute atomic E-state index is 0.0362. The zero-order valence-corrected chi connectivity index (χ0v) is 30.5. The number of benzene rings is 2. The molecule has 7 N–H and O–H groups in total. The van der Waals surface area contributed by atoms with Crippen molar-refractivity contribution in [3.8, 4) is 5.69 Å². The van der Waals surface area contributed by atoms with Crippen LogP contribution in [0.15, 0.2) is 70.6 Å². The molecule has 49 heavy (non-hydrogen) atoms. The van der Waals surface area contributed by atoms with Gasteiger partial charge in [-0.2, -0.15) is 4.98 Å². The van der Waals surface area contributed by atoms with Crippen LogP contribution in [0.4, 0.5) is 5.69 Å². The monoisotopic (exact) mass is 670 g/mol. The maximum Gasteiger partial charge on any atom is 0.354 e. The van der Waals surface area contributed by atoms with Crippen molar-refractivity contribution in [1.82, 2.24) is 19.9 Å². The number of hydrogen-bond acceptors (Lipinski definition) is 5. The molecule has 4 rings (SSSR count). The molecule has 264 valence electrons. The van der Waals surface area contributed by atoms with Gasteiger partial charge in [-0.15, -0.1) is 0 Å². The summed E-state index contributed by atoms with van der Waals surface area (Å²) in [5, 5.41) is 6.61.